The predicted molar refractivity (Wildman–Crippen MR) is 67.0 cm³/mol. The van der Waals surface area contributed by atoms with Crippen LogP contribution in [0.1, 0.15) is 6.92 Å². The summed E-state index contributed by atoms with van der Waals surface area (Å²) in [7, 11) is 3.26. The van der Waals surface area contributed by atoms with E-state index in [1.165, 1.54) is 0 Å². The summed E-state index contributed by atoms with van der Waals surface area (Å²) in [6.07, 6.45) is 1.53. The number of nitrogens with one attached hydrogen (secondary N) is 2. The lowest BCUT2D eigenvalue weighted by Gasteiger charge is -2.23. The highest BCUT2D eigenvalue weighted by molar-refractivity contribution is 5.81. The standard InChI is InChI=1S/C12H17N3O2/c1-8(12(16-2)17-3)14-10-4-5-11-9(6-10)7-13-15-11/h4-8,12,14H,1-3H3,(H,13,15). The van der Waals surface area contributed by atoms with E-state index in [0.717, 1.165) is 16.6 Å². The number of aromatic amines is 1. The van der Waals surface area contributed by atoms with Gasteiger partial charge in [-0.2, -0.15) is 5.10 Å². The zero-order valence-corrected chi connectivity index (χ0v) is 10.2. The molecular formula is C12H17N3O2. The van der Waals surface area contributed by atoms with Crippen LogP contribution < -0.4 is 5.32 Å². The van der Waals surface area contributed by atoms with Crippen LogP contribution in [0.15, 0.2) is 24.4 Å². The summed E-state index contributed by atoms with van der Waals surface area (Å²) in [4.78, 5) is 0. The minimum atomic E-state index is -0.268. The van der Waals surface area contributed by atoms with Gasteiger partial charge >= 0.3 is 0 Å². The van der Waals surface area contributed by atoms with Crippen molar-refractivity contribution in [1.82, 2.24) is 10.2 Å². The predicted octanol–water partition coefficient (Wildman–Crippen LogP) is 1.98. The molecule has 0 fully saturated rings. The smallest absolute Gasteiger partial charge is 0.176 e. The van der Waals surface area contributed by atoms with Crippen molar-refractivity contribution in [3.05, 3.63) is 24.4 Å². The van der Waals surface area contributed by atoms with Gasteiger partial charge in [0.15, 0.2) is 6.29 Å². The molecule has 5 heteroatoms. The second kappa shape index (κ2) is 5.16. The molecular weight excluding hydrogens is 218 g/mol. The van der Waals surface area contributed by atoms with E-state index in [0.29, 0.717) is 0 Å². The molecule has 2 aromatic rings. The Labute approximate surface area is 100 Å². The van der Waals surface area contributed by atoms with Gasteiger partial charge < -0.3 is 14.8 Å². The molecule has 0 bridgehead atoms. The van der Waals surface area contributed by atoms with Gasteiger partial charge in [-0.15, -0.1) is 0 Å². The zero-order valence-electron chi connectivity index (χ0n) is 10.2. The highest BCUT2D eigenvalue weighted by atomic mass is 16.7. The average molecular weight is 235 g/mol. The Hall–Kier alpha value is -1.59. The van der Waals surface area contributed by atoms with Crippen molar-refractivity contribution in [3.8, 4) is 0 Å². The van der Waals surface area contributed by atoms with Gasteiger partial charge in [0, 0.05) is 25.3 Å². The monoisotopic (exact) mass is 235 g/mol. The maximum absolute atomic E-state index is 5.20. The number of nitrogens with zero attached hydrogens (tertiary/aromatic N) is 1. The van der Waals surface area contributed by atoms with Crippen LogP contribution in [-0.4, -0.2) is 36.7 Å². The fourth-order valence-electron chi connectivity index (χ4n) is 1.87. The first kappa shape index (κ1) is 11.9. The molecule has 0 saturated heterocycles. The van der Waals surface area contributed by atoms with E-state index < -0.39 is 0 Å². The number of methoxy groups -OCH3 is 2. The summed E-state index contributed by atoms with van der Waals surface area (Å²) in [6.45, 7) is 2.01. The normalized spacial score (nSPS) is 13.2. The lowest BCUT2D eigenvalue weighted by molar-refractivity contribution is -0.109. The number of aromatic nitrogens is 2. The van der Waals surface area contributed by atoms with Crippen molar-refractivity contribution in [3.63, 3.8) is 0 Å². The van der Waals surface area contributed by atoms with Crippen molar-refractivity contribution in [2.24, 2.45) is 0 Å². The number of fused-ring (bicyclic) bond motifs is 1. The summed E-state index contributed by atoms with van der Waals surface area (Å²) in [5.41, 5.74) is 2.05. The van der Waals surface area contributed by atoms with Crippen molar-refractivity contribution in [2.75, 3.05) is 19.5 Å². The molecule has 1 atom stereocenters. The molecule has 1 unspecified atom stereocenters. The Bertz CT molecular complexity index is 479. The van der Waals surface area contributed by atoms with Crippen molar-refractivity contribution in [1.29, 1.82) is 0 Å². The number of hydrogen-bond acceptors (Lipinski definition) is 4. The number of H-pyrrole nitrogens is 1. The molecule has 0 spiro atoms. The van der Waals surface area contributed by atoms with Crippen LogP contribution in [0.4, 0.5) is 5.69 Å². The van der Waals surface area contributed by atoms with E-state index in [2.05, 4.69) is 15.5 Å². The number of hydrogen-bond donors (Lipinski definition) is 2. The van der Waals surface area contributed by atoms with Crippen molar-refractivity contribution < 1.29 is 9.47 Å². The number of ether oxygens (including phenoxy) is 2. The molecule has 2 N–H and O–H groups in total. The van der Waals surface area contributed by atoms with Crippen LogP contribution in [0, 0.1) is 0 Å². The van der Waals surface area contributed by atoms with Crippen LogP contribution in [0.25, 0.3) is 10.9 Å². The molecule has 0 aliphatic heterocycles. The molecule has 0 aliphatic rings. The first-order chi connectivity index (χ1) is 8.24. The van der Waals surface area contributed by atoms with Gasteiger partial charge in [0.1, 0.15) is 0 Å². The Kier molecular flexibility index (Phi) is 3.61. The number of benzene rings is 1. The maximum Gasteiger partial charge on any atom is 0.176 e. The van der Waals surface area contributed by atoms with Crippen LogP contribution >= 0.6 is 0 Å². The second-order valence-corrected chi connectivity index (χ2v) is 3.94. The van der Waals surface area contributed by atoms with Crippen molar-refractivity contribution >= 4 is 16.6 Å². The topological polar surface area (TPSA) is 59.2 Å². The van der Waals surface area contributed by atoms with E-state index in [1.54, 1.807) is 20.4 Å². The van der Waals surface area contributed by atoms with Crippen molar-refractivity contribution in [2.45, 2.75) is 19.3 Å². The van der Waals surface area contributed by atoms with E-state index in [-0.39, 0.29) is 12.3 Å². The maximum atomic E-state index is 5.20. The van der Waals surface area contributed by atoms with E-state index in [4.69, 9.17) is 9.47 Å². The third-order valence-corrected chi connectivity index (χ3v) is 2.71. The van der Waals surface area contributed by atoms with Crippen LogP contribution in [-0.2, 0) is 9.47 Å². The molecule has 5 nitrogen and oxygen atoms in total. The third-order valence-electron chi connectivity index (χ3n) is 2.71. The lowest BCUT2D eigenvalue weighted by atomic mass is 10.2. The van der Waals surface area contributed by atoms with E-state index >= 15 is 0 Å². The molecule has 17 heavy (non-hydrogen) atoms. The average Bonchev–Trinajstić information content (AvgIpc) is 2.77. The Morgan fingerprint density at radius 1 is 1.29 bits per heavy atom. The lowest BCUT2D eigenvalue weighted by Crippen LogP contribution is -2.33. The minimum Gasteiger partial charge on any atom is -0.377 e. The van der Waals surface area contributed by atoms with Gasteiger partial charge in [-0.3, -0.25) is 5.10 Å². The van der Waals surface area contributed by atoms with Gasteiger partial charge in [0.05, 0.1) is 17.8 Å². The summed E-state index contributed by atoms with van der Waals surface area (Å²) in [5, 5.41) is 11.3. The molecule has 2 rings (SSSR count). The van der Waals surface area contributed by atoms with E-state index in [9.17, 15) is 0 Å². The third kappa shape index (κ3) is 2.57. The Morgan fingerprint density at radius 3 is 2.76 bits per heavy atom. The molecule has 1 aromatic heterocycles. The SMILES string of the molecule is COC(OC)C(C)Nc1ccc2[nH]ncc2c1. The summed E-state index contributed by atoms with van der Waals surface area (Å²) in [5.74, 6) is 0. The largest absolute Gasteiger partial charge is 0.377 e. The molecule has 0 radical (unpaired) electrons. The molecule has 0 aliphatic carbocycles. The van der Waals surface area contributed by atoms with Gasteiger partial charge in [0.2, 0.25) is 0 Å². The number of anilines is 1. The van der Waals surface area contributed by atoms with Gasteiger partial charge in [0.25, 0.3) is 0 Å². The van der Waals surface area contributed by atoms with Crippen LogP contribution in [0.2, 0.25) is 0 Å². The summed E-state index contributed by atoms with van der Waals surface area (Å²) < 4.78 is 10.4. The molecule has 0 saturated carbocycles. The molecule has 1 heterocycles. The fraction of sp³-hybridized carbons (Fsp3) is 0.417. The van der Waals surface area contributed by atoms with Crippen LogP contribution in [0.3, 0.4) is 0 Å². The van der Waals surface area contributed by atoms with Crippen LogP contribution in [0.5, 0.6) is 0 Å². The summed E-state index contributed by atoms with van der Waals surface area (Å²) >= 11 is 0. The molecule has 0 amide bonds. The Morgan fingerprint density at radius 2 is 2.06 bits per heavy atom. The minimum absolute atomic E-state index is 0.0642. The molecule has 1 aromatic carbocycles. The second-order valence-electron chi connectivity index (χ2n) is 3.94. The van der Waals surface area contributed by atoms with Gasteiger partial charge in [-0.05, 0) is 25.1 Å². The number of rotatable bonds is 5. The molecule has 92 valence electrons. The Balaban J connectivity index is 2.11. The quantitative estimate of drug-likeness (QED) is 0.778. The first-order valence-electron chi connectivity index (χ1n) is 5.50. The first-order valence-corrected chi connectivity index (χ1v) is 5.50. The summed E-state index contributed by atoms with van der Waals surface area (Å²) in [6, 6.07) is 6.10. The fourth-order valence-corrected chi connectivity index (χ4v) is 1.87. The van der Waals surface area contributed by atoms with E-state index in [1.807, 2.05) is 25.1 Å². The highest BCUT2D eigenvalue weighted by Gasteiger charge is 2.15. The van der Waals surface area contributed by atoms with Gasteiger partial charge in [-0.25, -0.2) is 0 Å². The zero-order chi connectivity index (χ0) is 12.3. The van der Waals surface area contributed by atoms with Gasteiger partial charge in [-0.1, -0.05) is 0 Å². The highest BCUT2D eigenvalue weighted by Crippen LogP contribution is 2.18.